The standard InChI is InChI=1S/C16H18N4O4S/c1-25(23,24)20-3-2-11(10-20)4-14-8-18-9-15(19-14)12-5-13(16(21)22)7-17-6-12/h5-9,11H,2-4,10H2,1H3,(H,21,22)/t11-/m1/s1. The molecule has 0 aromatic carbocycles. The minimum Gasteiger partial charge on any atom is -0.478 e. The summed E-state index contributed by atoms with van der Waals surface area (Å²) in [6, 6.07) is 1.50. The van der Waals surface area contributed by atoms with Crippen LogP contribution < -0.4 is 0 Å². The van der Waals surface area contributed by atoms with Crippen LogP contribution in [0.4, 0.5) is 0 Å². The summed E-state index contributed by atoms with van der Waals surface area (Å²) in [6.45, 7) is 1.02. The number of carboxylic acid groups (broad SMARTS) is 1. The van der Waals surface area contributed by atoms with Crippen LogP contribution in [0.25, 0.3) is 11.3 Å². The van der Waals surface area contributed by atoms with Gasteiger partial charge in [-0.3, -0.25) is 9.97 Å². The first-order valence-electron chi connectivity index (χ1n) is 7.77. The van der Waals surface area contributed by atoms with E-state index in [2.05, 4.69) is 15.0 Å². The van der Waals surface area contributed by atoms with E-state index in [0.29, 0.717) is 30.8 Å². The molecular weight excluding hydrogens is 344 g/mol. The van der Waals surface area contributed by atoms with Crippen molar-refractivity contribution in [3.8, 4) is 11.3 Å². The summed E-state index contributed by atoms with van der Waals surface area (Å²) in [4.78, 5) is 23.7. The maximum absolute atomic E-state index is 11.6. The molecule has 1 aliphatic heterocycles. The second-order valence-electron chi connectivity index (χ2n) is 6.14. The van der Waals surface area contributed by atoms with E-state index in [0.717, 1.165) is 12.1 Å². The van der Waals surface area contributed by atoms with Crippen molar-refractivity contribution in [1.82, 2.24) is 19.3 Å². The number of nitrogens with zero attached hydrogens (tertiary/aromatic N) is 4. The lowest BCUT2D eigenvalue weighted by Crippen LogP contribution is -2.27. The number of hydrogen-bond acceptors (Lipinski definition) is 6. The third kappa shape index (κ3) is 4.18. The number of hydrogen-bond donors (Lipinski definition) is 1. The molecule has 25 heavy (non-hydrogen) atoms. The molecule has 0 unspecified atom stereocenters. The van der Waals surface area contributed by atoms with Gasteiger partial charge in [-0.15, -0.1) is 0 Å². The Bertz CT molecular complexity index is 901. The van der Waals surface area contributed by atoms with Gasteiger partial charge in [0.05, 0.1) is 29.4 Å². The van der Waals surface area contributed by atoms with Gasteiger partial charge in [-0.2, -0.15) is 0 Å². The first-order valence-corrected chi connectivity index (χ1v) is 9.62. The van der Waals surface area contributed by atoms with Gasteiger partial charge in [-0.1, -0.05) is 0 Å². The molecule has 3 rings (SSSR count). The summed E-state index contributed by atoms with van der Waals surface area (Å²) >= 11 is 0. The lowest BCUT2D eigenvalue weighted by molar-refractivity contribution is 0.0696. The van der Waals surface area contributed by atoms with Gasteiger partial charge in [0, 0.05) is 37.2 Å². The third-order valence-corrected chi connectivity index (χ3v) is 5.45. The maximum atomic E-state index is 11.6. The predicted molar refractivity (Wildman–Crippen MR) is 90.5 cm³/mol. The van der Waals surface area contributed by atoms with E-state index in [9.17, 15) is 13.2 Å². The number of sulfonamides is 1. The fourth-order valence-electron chi connectivity index (χ4n) is 2.90. The molecule has 1 fully saturated rings. The summed E-state index contributed by atoms with van der Waals surface area (Å²) in [5.41, 5.74) is 1.97. The van der Waals surface area contributed by atoms with Crippen molar-refractivity contribution >= 4 is 16.0 Å². The molecule has 3 heterocycles. The zero-order valence-corrected chi connectivity index (χ0v) is 14.5. The Morgan fingerprint density at radius 1 is 1.28 bits per heavy atom. The van der Waals surface area contributed by atoms with E-state index in [1.54, 1.807) is 18.6 Å². The normalized spacial score (nSPS) is 18.4. The zero-order valence-electron chi connectivity index (χ0n) is 13.7. The minimum absolute atomic E-state index is 0.0873. The van der Waals surface area contributed by atoms with E-state index in [1.807, 2.05) is 0 Å². The average Bonchev–Trinajstić information content (AvgIpc) is 3.04. The Hall–Kier alpha value is -2.39. The van der Waals surface area contributed by atoms with Crippen LogP contribution >= 0.6 is 0 Å². The van der Waals surface area contributed by atoms with Crippen LogP contribution in [0.5, 0.6) is 0 Å². The van der Waals surface area contributed by atoms with Crippen LogP contribution in [0, 0.1) is 5.92 Å². The molecule has 1 atom stereocenters. The van der Waals surface area contributed by atoms with Gasteiger partial charge in [0.2, 0.25) is 10.0 Å². The van der Waals surface area contributed by atoms with Crippen LogP contribution in [-0.4, -0.2) is 58.1 Å². The maximum Gasteiger partial charge on any atom is 0.337 e. The molecule has 132 valence electrons. The monoisotopic (exact) mass is 362 g/mol. The summed E-state index contributed by atoms with van der Waals surface area (Å²) in [6.07, 6.45) is 8.67. The fourth-order valence-corrected chi connectivity index (χ4v) is 3.82. The highest BCUT2D eigenvalue weighted by Gasteiger charge is 2.28. The molecule has 0 saturated carbocycles. The van der Waals surface area contributed by atoms with Gasteiger partial charge in [0.1, 0.15) is 0 Å². The molecular formula is C16H18N4O4S. The molecule has 0 aliphatic carbocycles. The summed E-state index contributed by atoms with van der Waals surface area (Å²) in [7, 11) is -3.16. The van der Waals surface area contributed by atoms with Gasteiger partial charge < -0.3 is 5.11 Å². The molecule has 0 amide bonds. The lowest BCUT2D eigenvalue weighted by Gasteiger charge is -2.13. The lowest BCUT2D eigenvalue weighted by atomic mass is 10.0. The van der Waals surface area contributed by atoms with Crippen LogP contribution in [0.15, 0.2) is 30.9 Å². The minimum atomic E-state index is -3.16. The SMILES string of the molecule is CS(=O)(=O)N1CC[C@H](Cc2cncc(-c3cncc(C(=O)O)c3)n2)C1. The van der Waals surface area contributed by atoms with Crippen molar-refractivity contribution in [3.63, 3.8) is 0 Å². The second kappa shape index (κ2) is 6.85. The second-order valence-corrected chi connectivity index (χ2v) is 8.13. The van der Waals surface area contributed by atoms with Crippen LogP contribution in [0.3, 0.4) is 0 Å². The molecule has 0 bridgehead atoms. The van der Waals surface area contributed by atoms with Crippen molar-refractivity contribution in [2.24, 2.45) is 5.92 Å². The molecule has 9 heteroatoms. The van der Waals surface area contributed by atoms with Gasteiger partial charge in [-0.25, -0.2) is 22.5 Å². The number of aromatic nitrogens is 3. The first-order chi connectivity index (χ1) is 11.8. The number of aromatic carboxylic acids is 1. The smallest absolute Gasteiger partial charge is 0.337 e. The fraction of sp³-hybridized carbons (Fsp3) is 0.375. The van der Waals surface area contributed by atoms with Crippen molar-refractivity contribution < 1.29 is 18.3 Å². The Morgan fingerprint density at radius 3 is 2.72 bits per heavy atom. The first kappa shape index (κ1) is 17.4. The van der Waals surface area contributed by atoms with E-state index < -0.39 is 16.0 Å². The highest BCUT2D eigenvalue weighted by atomic mass is 32.2. The number of carbonyl (C=O) groups is 1. The van der Waals surface area contributed by atoms with Crippen molar-refractivity contribution in [2.75, 3.05) is 19.3 Å². The Morgan fingerprint density at radius 2 is 2.04 bits per heavy atom. The molecule has 2 aromatic heterocycles. The Kier molecular flexibility index (Phi) is 4.78. The predicted octanol–water partition coefficient (Wildman–Crippen LogP) is 1.06. The number of carboxylic acids is 1. The van der Waals surface area contributed by atoms with Crippen molar-refractivity contribution in [2.45, 2.75) is 12.8 Å². The molecule has 1 N–H and O–H groups in total. The zero-order chi connectivity index (χ0) is 18.0. The molecule has 0 radical (unpaired) electrons. The summed E-state index contributed by atoms with van der Waals surface area (Å²) in [5, 5.41) is 9.06. The highest BCUT2D eigenvalue weighted by Crippen LogP contribution is 2.23. The average molecular weight is 362 g/mol. The molecule has 2 aromatic rings. The van der Waals surface area contributed by atoms with Gasteiger partial charge in [-0.05, 0) is 24.8 Å². The molecule has 1 saturated heterocycles. The summed E-state index contributed by atoms with van der Waals surface area (Å²) < 4.78 is 24.7. The quantitative estimate of drug-likeness (QED) is 0.846. The van der Waals surface area contributed by atoms with Crippen LogP contribution in [-0.2, 0) is 16.4 Å². The van der Waals surface area contributed by atoms with E-state index in [4.69, 9.17) is 5.11 Å². The van der Waals surface area contributed by atoms with Crippen molar-refractivity contribution in [3.05, 3.63) is 42.1 Å². The van der Waals surface area contributed by atoms with Gasteiger partial charge in [0.15, 0.2) is 0 Å². The van der Waals surface area contributed by atoms with Gasteiger partial charge >= 0.3 is 5.97 Å². The Balaban J connectivity index is 1.77. The van der Waals surface area contributed by atoms with E-state index in [1.165, 1.54) is 22.8 Å². The largest absolute Gasteiger partial charge is 0.478 e. The number of rotatable bonds is 5. The molecule has 1 aliphatic rings. The van der Waals surface area contributed by atoms with Crippen molar-refractivity contribution in [1.29, 1.82) is 0 Å². The van der Waals surface area contributed by atoms with Crippen LogP contribution in [0.2, 0.25) is 0 Å². The topological polar surface area (TPSA) is 113 Å². The molecule has 8 nitrogen and oxygen atoms in total. The van der Waals surface area contributed by atoms with E-state index >= 15 is 0 Å². The Labute approximate surface area is 145 Å². The van der Waals surface area contributed by atoms with E-state index in [-0.39, 0.29) is 11.5 Å². The van der Waals surface area contributed by atoms with Gasteiger partial charge in [0.25, 0.3) is 0 Å². The third-order valence-electron chi connectivity index (χ3n) is 4.18. The summed E-state index contributed by atoms with van der Waals surface area (Å²) in [5.74, 6) is -0.854. The van der Waals surface area contributed by atoms with Crippen LogP contribution in [0.1, 0.15) is 22.5 Å². The highest BCUT2D eigenvalue weighted by molar-refractivity contribution is 7.88. The molecule has 0 spiro atoms. The number of pyridine rings is 1.